The van der Waals surface area contributed by atoms with E-state index in [1.165, 1.54) is 16.8 Å². The summed E-state index contributed by atoms with van der Waals surface area (Å²) >= 11 is 0. The topological polar surface area (TPSA) is 120 Å². The van der Waals surface area contributed by atoms with E-state index in [4.69, 9.17) is 0 Å². The number of aryl methyl sites for hydroxylation is 3. The molecule has 0 saturated heterocycles. The number of hydrogen-bond donors (Lipinski definition) is 4. The number of carbonyl (C=O) groups excluding carboxylic acids is 1. The van der Waals surface area contributed by atoms with Gasteiger partial charge in [0.15, 0.2) is 0 Å². The summed E-state index contributed by atoms with van der Waals surface area (Å²) in [5.74, 6) is -1.11. The number of nitrogens with zero attached hydrogens (tertiary/aromatic N) is 2. The van der Waals surface area contributed by atoms with Crippen LogP contribution in [0.1, 0.15) is 39.7 Å². The molecule has 1 aromatic heterocycles. The highest BCUT2D eigenvalue weighted by Gasteiger charge is 2.16. The predicted octanol–water partition coefficient (Wildman–Crippen LogP) is 2.66. The first-order valence-corrected chi connectivity index (χ1v) is 8.94. The lowest BCUT2D eigenvalue weighted by atomic mass is 10.1. The number of carbonyl (C=O) groups is 1. The summed E-state index contributed by atoms with van der Waals surface area (Å²) in [4.78, 5) is 25.1. The zero-order valence-corrected chi connectivity index (χ0v) is 16.6. The Bertz CT molecular complexity index is 1170. The number of aromatic nitrogens is 2. The minimum atomic E-state index is -0.627. The van der Waals surface area contributed by atoms with Crippen LogP contribution in [0.15, 0.2) is 46.3 Å². The van der Waals surface area contributed by atoms with Crippen LogP contribution in [0.4, 0.5) is 0 Å². The Hall–Kier alpha value is -3.81. The normalized spacial score (nSPS) is 11.5. The highest BCUT2D eigenvalue weighted by Crippen LogP contribution is 2.20. The Morgan fingerprint density at radius 1 is 1.03 bits per heavy atom. The first kappa shape index (κ1) is 19.9. The molecule has 1 heterocycles. The van der Waals surface area contributed by atoms with Gasteiger partial charge >= 0.3 is 0 Å². The number of benzene rings is 2. The molecule has 0 fully saturated rings. The van der Waals surface area contributed by atoms with Gasteiger partial charge in [-0.25, -0.2) is 10.1 Å². The number of phenolic OH excluding ortho intramolecular Hbond substituents is 2. The van der Waals surface area contributed by atoms with Crippen molar-refractivity contribution in [1.82, 2.24) is 15.2 Å². The van der Waals surface area contributed by atoms with E-state index in [-0.39, 0.29) is 22.6 Å². The Morgan fingerprint density at radius 3 is 2.31 bits per heavy atom. The molecule has 0 unspecified atom stereocenters. The third-order valence-corrected chi connectivity index (χ3v) is 4.67. The van der Waals surface area contributed by atoms with Gasteiger partial charge in [0.1, 0.15) is 11.5 Å². The Morgan fingerprint density at radius 2 is 1.69 bits per heavy atom. The van der Waals surface area contributed by atoms with Crippen LogP contribution in [-0.2, 0) is 0 Å². The van der Waals surface area contributed by atoms with E-state index in [2.05, 4.69) is 15.6 Å². The Labute approximate surface area is 167 Å². The van der Waals surface area contributed by atoms with Crippen molar-refractivity contribution in [3.05, 3.63) is 74.7 Å². The van der Waals surface area contributed by atoms with E-state index in [9.17, 15) is 19.8 Å². The fourth-order valence-electron chi connectivity index (χ4n) is 3.00. The summed E-state index contributed by atoms with van der Waals surface area (Å²) in [7, 11) is 0. The molecule has 1 amide bonds. The molecule has 0 radical (unpaired) electrons. The second-order valence-electron chi connectivity index (χ2n) is 6.90. The highest BCUT2D eigenvalue weighted by molar-refractivity contribution is 6.01. The largest absolute Gasteiger partial charge is 0.508 e. The first-order valence-electron chi connectivity index (χ1n) is 8.94. The number of rotatable bonds is 4. The molecule has 8 nitrogen and oxygen atoms in total. The van der Waals surface area contributed by atoms with Crippen LogP contribution in [0.5, 0.6) is 11.5 Å². The maximum Gasteiger partial charge on any atom is 0.280 e. The van der Waals surface area contributed by atoms with Crippen molar-refractivity contribution in [2.24, 2.45) is 5.10 Å². The van der Waals surface area contributed by atoms with Crippen LogP contribution in [0.2, 0.25) is 0 Å². The van der Waals surface area contributed by atoms with Gasteiger partial charge in [-0.15, -0.1) is 0 Å². The molecular formula is C21H22N4O4. The van der Waals surface area contributed by atoms with E-state index in [0.29, 0.717) is 22.7 Å². The SMILES string of the molecule is C/C(=N\NC(=O)c1cc(O)cc(O)c1)c1c(C)[nH]n(-c2ccc(C)c(C)c2)c1=O. The van der Waals surface area contributed by atoms with Gasteiger partial charge in [-0.05, 0) is 63.1 Å². The molecule has 3 aromatic rings. The van der Waals surface area contributed by atoms with Gasteiger partial charge in [-0.1, -0.05) is 6.07 Å². The van der Waals surface area contributed by atoms with Crippen molar-refractivity contribution >= 4 is 11.6 Å². The van der Waals surface area contributed by atoms with Crippen molar-refractivity contribution < 1.29 is 15.0 Å². The molecule has 3 rings (SSSR count). The zero-order valence-electron chi connectivity index (χ0n) is 16.6. The van der Waals surface area contributed by atoms with Gasteiger partial charge in [0, 0.05) is 17.3 Å². The number of hydrogen-bond acceptors (Lipinski definition) is 5. The molecule has 0 aliphatic heterocycles. The van der Waals surface area contributed by atoms with Crippen LogP contribution in [0.25, 0.3) is 5.69 Å². The third kappa shape index (κ3) is 4.06. The second-order valence-corrected chi connectivity index (χ2v) is 6.90. The average Bonchev–Trinajstić information content (AvgIpc) is 2.95. The van der Waals surface area contributed by atoms with Crippen molar-refractivity contribution in [3.8, 4) is 17.2 Å². The molecule has 0 aliphatic carbocycles. The lowest BCUT2D eigenvalue weighted by Crippen LogP contribution is -2.23. The summed E-state index contributed by atoms with van der Waals surface area (Å²) in [6.45, 7) is 7.34. The zero-order chi connectivity index (χ0) is 21.3. The van der Waals surface area contributed by atoms with E-state index in [0.717, 1.165) is 17.2 Å². The molecule has 0 aliphatic rings. The monoisotopic (exact) mass is 394 g/mol. The molecule has 4 N–H and O–H groups in total. The molecular weight excluding hydrogens is 372 g/mol. The number of phenols is 2. The van der Waals surface area contributed by atoms with E-state index < -0.39 is 5.91 Å². The quantitative estimate of drug-likeness (QED) is 0.402. The van der Waals surface area contributed by atoms with E-state index >= 15 is 0 Å². The summed E-state index contributed by atoms with van der Waals surface area (Å²) in [5, 5.41) is 26.0. The molecule has 150 valence electrons. The standard InChI is InChI=1S/C21H22N4O4/c1-11-5-6-16(7-12(11)2)25-21(29)19(14(4)24-25)13(3)22-23-20(28)15-8-17(26)10-18(27)9-15/h5-10,24,26-27H,1-4H3,(H,23,28)/b22-13+. The lowest BCUT2D eigenvalue weighted by Gasteiger charge is -2.05. The van der Waals surface area contributed by atoms with Crippen LogP contribution in [0, 0.1) is 20.8 Å². The third-order valence-electron chi connectivity index (χ3n) is 4.67. The first-order chi connectivity index (χ1) is 13.7. The summed E-state index contributed by atoms with van der Waals surface area (Å²) < 4.78 is 1.44. The second kappa shape index (κ2) is 7.67. The van der Waals surface area contributed by atoms with Gasteiger partial charge in [0.2, 0.25) is 0 Å². The number of nitrogens with one attached hydrogen (secondary N) is 2. The number of aromatic amines is 1. The minimum Gasteiger partial charge on any atom is -0.508 e. The molecule has 0 spiro atoms. The van der Waals surface area contributed by atoms with Gasteiger partial charge in [0.05, 0.1) is 17.0 Å². The average molecular weight is 394 g/mol. The van der Waals surface area contributed by atoms with Crippen LogP contribution in [-0.4, -0.2) is 31.6 Å². The Balaban J connectivity index is 1.90. The van der Waals surface area contributed by atoms with Gasteiger partial charge < -0.3 is 10.2 Å². The lowest BCUT2D eigenvalue weighted by molar-refractivity contribution is 0.0954. The minimum absolute atomic E-state index is 0.0392. The van der Waals surface area contributed by atoms with Crippen LogP contribution in [0.3, 0.4) is 0 Å². The summed E-state index contributed by atoms with van der Waals surface area (Å²) in [5.41, 5.74) is 6.28. The smallest absolute Gasteiger partial charge is 0.280 e. The fraction of sp³-hybridized carbons (Fsp3) is 0.190. The van der Waals surface area contributed by atoms with Crippen molar-refractivity contribution in [3.63, 3.8) is 0 Å². The fourth-order valence-corrected chi connectivity index (χ4v) is 3.00. The van der Waals surface area contributed by atoms with Crippen LogP contribution < -0.4 is 11.0 Å². The molecule has 0 bridgehead atoms. The summed E-state index contributed by atoms with van der Waals surface area (Å²) in [6.07, 6.45) is 0. The van der Waals surface area contributed by atoms with Crippen molar-refractivity contribution in [1.29, 1.82) is 0 Å². The maximum atomic E-state index is 12.9. The van der Waals surface area contributed by atoms with E-state index in [1.807, 2.05) is 32.0 Å². The number of H-pyrrole nitrogens is 1. The molecule has 0 saturated carbocycles. The van der Waals surface area contributed by atoms with Gasteiger partial charge in [-0.3, -0.25) is 14.7 Å². The molecule has 8 heteroatoms. The van der Waals surface area contributed by atoms with Crippen LogP contribution >= 0.6 is 0 Å². The predicted molar refractivity (Wildman–Crippen MR) is 110 cm³/mol. The van der Waals surface area contributed by atoms with E-state index in [1.54, 1.807) is 13.8 Å². The Kier molecular flexibility index (Phi) is 5.27. The maximum absolute atomic E-state index is 12.9. The number of aromatic hydroxyl groups is 2. The molecule has 29 heavy (non-hydrogen) atoms. The molecule has 2 aromatic carbocycles. The number of hydrazone groups is 1. The van der Waals surface area contributed by atoms with Crippen molar-refractivity contribution in [2.45, 2.75) is 27.7 Å². The highest BCUT2D eigenvalue weighted by atomic mass is 16.3. The van der Waals surface area contributed by atoms with Crippen molar-refractivity contribution in [2.75, 3.05) is 0 Å². The summed E-state index contributed by atoms with van der Waals surface area (Å²) in [6, 6.07) is 9.23. The number of amides is 1. The molecule has 0 atom stereocenters. The van der Waals surface area contributed by atoms with Gasteiger partial charge in [-0.2, -0.15) is 5.10 Å². The van der Waals surface area contributed by atoms with Gasteiger partial charge in [0.25, 0.3) is 11.5 Å².